The Morgan fingerprint density at radius 2 is 1.61 bits per heavy atom. The van der Waals surface area contributed by atoms with Crippen LogP contribution >= 0.6 is 0 Å². The monoisotopic (exact) mass is 443 g/mol. The first kappa shape index (κ1) is 23.0. The minimum Gasteiger partial charge on any atom is -0.326 e. The van der Waals surface area contributed by atoms with E-state index in [0.29, 0.717) is 42.4 Å². The number of nitrogens with one attached hydrogen (secondary N) is 2. The van der Waals surface area contributed by atoms with Gasteiger partial charge in [-0.3, -0.25) is 9.59 Å². The fourth-order valence-electron chi connectivity index (χ4n) is 3.58. The first-order valence-corrected chi connectivity index (χ1v) is 12.0. The lowest BCUT2D eigenvalue weighted by molar-refractivity contribution is -0.116. The maximum atomic E-state index is 12.8. The molecule has 0 radical (unpaired) electrons. The molecule has 1 fully saturated rings. The van der Waals surface area contributed by atoms with Crippen LogP contribution in [0.5, 0.6) is 0 Å². The molecule has 2 N–H and O–H groups in total. The van der Waals surface area contributed by atoms with E-state index in [4.69, 9.17) is 0 Å². The molecule has 1 aliphatic rings. The van der Waals surface area contributed by atoms with Crippen molar-refractivity contribution in [3.8, 4) is 0 Å². The Kier molecular flexibility index (Phi) is 7.46. The summed E-state index contributed by atoms with van der Waals surface area (Å²) >= 11 is 0. The van der Waals surface area contributed by atoms with Gasteiger partial charge >= 0.3 is 0 Å². The molecule has 2 aromatic carbocycles. The highest BCUT2D eigenvalue weighted by molar-refractivity contribution is 7.89. The number of nitrogens with zero attached hydrogens (tertiary/aromatic N) is 1. The van der Waals surface area contributed by atoms with Gasteiger partial charge < -0.3 is 10.6 Å². The van der Waals surface area contributed by atoms with Crippen molar-refractivity contribution in [3.05, 3.63) is 54.1 Å². The maximum absolute atomic E-state index is 12.8. The van der Waals surface area contributed by atoms with Crippen LogP contribution in [0.15, 0.2) is 53.4 Å². The van der Waals surface area contributed by atoms with Crippen LogP contribution in [0.1, 0.15) is 49.9 Å². The minimum atomic E-state index is -3.53. The van der Waals surface area contributed by atoms with Gasteiger partial charge in [0.2, 0.25) is 15.9 Å². The number of carbonyl (C=O) groups is 2. The highest BCUT2D eigenvalue weighted by Gasteiger charge is 2.28. The molecule has 3 rings (SSSR count). The van der Waals surface area contributed by atoms with E-state index in [1.807, 2.05) is 6.92 Å². The average molecular weight is 444 g/mol. The maximum Gasteiger partial charge on any atom is 0.255 e. The van der Waals surface area contributed by atoms with E-state index in [2.05, 4.69) is 17.6 Å². The highest BCUT2D eigenvalue weighted by Crippen LogP contribution is 2.24. The standard InChI is InChI=1S/C23H29N3O4S/c1-3-5-22(27)24-19-9-7-18(8-10-19)23(28)25-20-11-13-21(14-12-20)31(29,30)26-15-4-6-17(2)16-26/h7-14,17H,3-6,15-16H2,1-2H3,(H,24,27)(H,25,28). The highest BCUT2D eigenvalue weighted by atomic mass is 32.2. The van der Waals surface area contributed by atoms with Crippen molar-refractivity contribution >= 4 is 33.2 Å². The first-order valence-electron chi connectivity index (χ1n) is 10.6. The lowest BCUT2D eigenvalue weighted by Gasteiger charge is -2.30. The van der Waals surface area contributed by atoms with Crippen molar-refractivity contribution in [2.45, 2.75) is 44.4 Å². The fourth-order valence-corrected chi connectivity index (χ4v) is 5.18. The molecule has 31 heavy (non-hydrogen) atoms. The average Bonchev–Trinajstić information content (AvgIpc) is 2.75. The molecule has 166 valence electrons. The second-order valence-electron chi connectivity index (χ2n) is 7.96. The zero-order chi connectivity index (χ0) is 22.4. The van der Waals surface area contributed by atoms with Gasteiger partial charge in [0, 0.05) is 36.4 Å². The number of rotatable bonds is 7. The van der Waals surface area contributed by atoms with E-state index < -0.39 is 10.0 Å². The Hall–Kier alpha value is -2.71. The summed E-state index contributed by atoms with van der Waals surface area (Å²) < 4.78 is 27.2. The third-order valence-electron chi connectivity index (χ3n) is 5.28. The number of piperidine rings is 1. The molecule has 8 heteroatoms. The van der Waals surface area contributed by atoms with Crippen LogP contribution in [0.3, 0.4) is 0 Å². The third-order valence-corrected chi connectivity index (χ3v) is 7.16. The molecule has 1 saturated heterocycles. The number of hydrogen-bond donors (Lipinski definition) is 2. The lowest BCUT2D eigenvalue weighted by Crippen LogP contribution is -2.39. The number of sulfonamides is 1. The Morgan fingerprint density at radius 1 is 1.00 bits per heavy atom. The van der Waals surface area contributed by atoms with Gasteiger partial charge in [0.05, 0.1) is 4.90 Å². The van der Waals surface area contributed by atoms with Crippen molar-refractivity contribution in [1.29, 1.82) is 0 Å². The molecule has 1 heterocycles. The van der Waals surface area contributed by atoms with Crippen molar-refractivity contribution in [2.24, 2.45) is 5.92 Å². The molecule has 0 aliphatic carbocycles. The second-order valence-corrected chi connectivity index (χ2v) is 9.90. The molecule has 1 aliphatic heterocycles. The third kappa shape index (κ3) is 5.92. The Morgan fingerprint density at radius 3 is 2.23 bits per heavy atom. The summed E-state index contributed by atoms with van der Waals surface area (Å²) in [5, 5.41) is 5.55. The molecule has 0 aromatic heterocycles. The van der Waals surface area contributed by atoms with Crippen molar-refractivity contribution < 1.29 is 18.0 Å². The molecule has 0 bridgehead atoms. The van der Waals surface area contributed by atoms with E-state index in [1.165, 1.54) is 16.4 Å². The lowest BCUT2D eigenvalue weighted by atomic mass is 10.0. The van der Waals surface area contributed by atoms with Gasteiger partial charge in [0.15, 0.2) is 0 Å². The number of hydrogen-bond acceptors (Lipinski definition) is 4. The van der Waals surface area contributed by atoms with Crippen LogP contribution in [0.4, 0.5) is 11.4 Å². The van der Waals surface area contributed by atoms with Crippen LogP contribution in [0, 0.1) is 5.92 Å². The molecular formula is C23H29N3O4S. The Bertz CT molecular complexity index is 1020. The van der Waals surface area contributed by atoms with Crippen molar-refractivity contribution in [3.63, 3.8) is 0 Å². The molecular weight excluding hydrogens is 414 g/mol. The second kappa shape index (κ2) is 10.1. The van der Waals surface area contributed by atoms with Crippen molar-refractivity contribution in [2.75, 3.05) is 23.7 Å². The summed E-state index contributed by atoms with van der Waals surface area (Å²) in [6.07, 6.45) is 3.13. The number of benzene rings is 2. The molecule has 1 unspecified atom stereocenters. The summed E-state index contributed by atoms with van der Waals surface area (Å²) in [4.78, 5) is 24.4. The largest absolute Gasteiger partial charge is 0.326 e. The van der Waals surface area contributed by atoms with Crippen LogP contribution in [0.2, 0.25) is 0 Å². The predicted octanol–water partition coefficient (Wildman–Crippen LogP) is 4.10. The normalized spacial score (nSPS) is 17.2. The van der Waals surface area contributed by atoms with Gasteiger partial charge in [-0.25, -0.2) is 8.42 Å². The first-order chi connectivity index (χ1) is 14.8. The smallest absolute Gasteiger partial charge is 0.255 e. The van der Waals surface area contributed by atoms with Crippen LogP contribution in [0.25, 0.3) is 0 Å². The van der Waals surface area contributed by atoms with Crippen LogP contribution in [-0.4, -0.2) is 37.6 Å². The predicted molar refractivity (Wildman–Crippen MR) is 122 cm³/mol. The Labute approximate surface area is 183 Å². The number of carbonyl (C=O) groups excluding carboxylic acids is 2. The molecule has 2 aromatic rings. The number of amides is 2. The zero-order valence-electron chi connectivity index (χ0n) is 17.9. The van der Waals surface area contributed by atoms with E-state index in [0.717, 1.165) is 19.3 Å². The molecule has 0 spiro atoms. The molecule has 7 nitrogen and oxygen atoms in total. The van der Waals surface area contributed by atoms with Crippen LogP contribution in [-0.2, 0) is 14.8 Å². The van der Waals surface area contributed by atoms with E-state index in [-0.39, 0.29) is 16.7 Å². The number of anilines is 2. The van der Waals surface area contributed by atoms with Gasteiger partial charge in [-0.1, -0.05) is 13.8 Å². The van der Waals surface area contributed by atoms with E-state index >= 15 is 0 Å². The zero-order valence-corrected chi connectivity index (χ0v) is 18.7. The van der Waals surface area contributed by atoms with Gasteiger partial charge in [0.1, 0.15) is 0 Å². The molecule has 0 saturated carbocycles. The fraction of sp³-hybridized carbons (Fsp3) is 0.391. The Balaban J connectivity index is 1.63. The van der Waals surface area contributed by atoms with Gasteiger partial charge in [-0.2, -0.15) is 4.31 Å². The van der Waals surface area contributed by atoms with Gasteiger partial charge in [0.25, 0.3) is 5.91 Å². The quantitative estimate of drug-likeness (QED) is 0.673. The topological polar surface area (TPSA) is 95.6 Å². The summed E-state index contributed by atoms with van der Waals surface area (Å²) in [5.41, 5.74) is 1.58. The van der Waals surface area contributed by atoms with Crippen LogP contribution < -0.4 is 10.6 Å². The summed E-state index contributed by atoms with van der Waals surface area (Å²) in [6, 6.07) is 12.9. The van der Waals surface area contributed by atoms with E-state index in [1.54, 1.807) is 36.4 Å². The minimum absolute atomic E-state index is 0.0613. The summed E-state index contributed by atoms with van der Waals surface area (Å²) in [6.45, 7) is 5.07. The van der Waals surface area contributed by atoms with Crippen molar-refractivity contribution in [1.82, 2.24) is 4.31 Å². The van der Waals surface area contributed by atoms with Gasteiger partial charge in [-0.05, 0) is 73.7 Å². The molecule has 1 atom stereocenters. The SMILES string of the molecule is CCCC(=O)Nc1ccc(C(=O)Nc2ccc(S(=O)(=O)N3CCCC(C)C3)cc2)cc1. The molecule has 2 amide bonds. The summed E-state index contributed by atoms with van der Waals surface area (Å²) in [7, 11) is -3.53. The van der Waals surface area contributed by atoms with Gasteiger partial charge in [-0.15, -0.1) is 0 Å². The summed E-state index contributed by atoms with van der Waals surface area (Å²) in [5.74, 6) is -0.0194. The van der Waals surface area contributed by atoms with E-state index in [9.17, 15) is 18.0 Å².